The Balaban J connectivity index is 1.56. The summed E-state index contributed by atoms with van der Waals surface area (Å²) < 4.78 is 13.0. The van der Waals surface area contributed by atoms with Gasteiger partial charge in [-0.25, -0.2) is 9.29 Å². The van der Waals surface area contributed by atoms with Gasteiger partial charge in [0.05, 0.1) is 22.5 Å². The molecular weight excluding hydrogens is 405 g/mol. The third-order valence-corrected chi connectivity index (χ3v) is 4.72. The molecule has 3 aromatic carbocycles. The minimum absolute atomic E-state index is 0.0591. The predicted octanol–water partition coefficient (Wildman–Crippen LogP) is 3.75. The van der Waals surface area contributed by atoms with E-state index in [2.05, 4.69) is 10.6 Å². The second kappa shape index (κ2) is 7.84. The molecule has 0 radical (unpaired) electrons. The number of thiocarbonyl (C=S) groups is 1. The molecule has 0 aromatic heterocycles. The molecule has 0 saturated heterocycles. The van der Waals surface area contributed by atoms with Crippen LogP contribution in [0.3, 0.4) is 0 Å². The van der Waals surface area contributed by atoms with Gasteiger partial charge in [-0.3, -0.25) is 19.7 Å². The van der Waals surface area contributed by atoms with Gasteiger partial charge in [0.15, 0.2) is 5.11 Å². The van der Waals surface area contributed by atoms with Crippen LogP contribution in [0.4, 0.5) is 15.8 Å². The number of carbonyl (C=O) groups excluding carboxylic acids is 3. The van der Waals surface area contributed by atoms with Gasteiger partial charge in [-0.2, -0.15) is 0 Å². The largest absolute Gasteiger partial charge is 0.332 e. The standard InChI is InChI=1S/C22H14FN3O3S/c23-14-11-9-13(10-12-14)19(27)25-22(30)24-17-8-4-7-16-18(17)21(29)26(20(16)28)15-5-2-1-3-6-15/h1-12H,(H2,24,25,27,30). The van der Waals surface area contributed by atoms with Gasteiger partial charge in [0.2, 0.25) is 0 Å². The van der Waals surface area contributed by atoms with Gasteiger partial charge in [-0.05, 0) is 60.7 Å². The lowest BCUT2D eigenvalue weighted by Crippen LogP contribution is -2.34. The summed E-state index contributed by atoms with van der Waals surface area (Å²) in [6, 6.07) is 18.3. The van der Waals surface area contributed by atoms with E-state index in [1.807, 2.05) is 0 Å². The summed E-state index contributed by atoms with van der Waals surface area (Å²) in [5, 5.41) is 5.22. The highest BCUT2D eigenvalue weighted by Crippen LogP contribution is 2.32. The van der Waals surface area contributed by atoms with Crippen molar-refractivity contribution in [3.63, 3.8) is 0 Å². The number of fused-ring (bicyclic) bond motifs is 1. The lowest BCUT2D eigenvalue weighted by Gasteiger charge is -2.14. The summed E-state index contributed by atoms with van der Waals surface area (Å²) >= 11 is 5.17. The summed E-state index contributed by atoms with van der Waals surface area (Å²) in [6.07, 6.45) is 0. The molecule has 0 unspecified atom stereocenters. The van der Waals surface area contributed by atoms with E-state index < -0.39 is 23.5 Å². The van der Waals surface area contributed by atoms with E-state index in [1.54, 1.807) is 48.5 Å². The molecule has 0 bridgehead atoms. The summed E-state index contributed by atoms with van der Waals surface area (Å²) in [4.78, 5) is 39.1. The molecule has 3 aromatic rings. The summed E-state index contributed by atoms with van der Waals surface area (Å²) in [5.41, 5.74) is 1.39. The number of carbonyl (C=O) groups is 3. The molecule has 8 heteroatoms. The van der Waals surface area contributed by atoms with Crippen LogP contribution in [0.5, 0.6) is 0 Å². The number of nitrogens with zero attached hydrogens (tertiary/aromatic N) is 1. The molecule has 0 atom stereocenters. The van der Waals surface area contributed by atoms with Gasteiger partial charge in [-0.1, -0.05) is 24.3 Å². The van der Waals surface area contributed by atoms with Gasteiger partial charge in [0.25, 0.3) is 17.7 Å². The molecule has 30 heavy (non-hydrogen) atoms. The fourth-order valence-corrected chi connectivity index (χ4v) is 3.33. The van der Waals surface area contributed by atoms with Crippen LogP contribution in [0, 0.1) is 5.82 Å². The second-order valence-corrected chi connectivity index (χ2v) is 6.83. The first-order valence-electron chi connectivity index (χ1n) is 8.90. The van der Waals surface area contributed by atoms with Crippen molar-refractivity contribution in [2.24, 2.45) is 0 Å². The Morgan fingerprint density at radius 2 is 1.57 bits per heavy atom. The maximum Gasteiger partial charge on any atom is 0.268 e. The fourth-order valence-electron chi connectivity index (χ4n) is 3.13. The molecule has 148 valence electrons. The Labute approximate surface area is 176 Å². The number of hydrogen-bond donors (Lipinski definition) is 2. The predicted molar refractivity (Wildman–Crippen MR) is 114 cm³/mol. The van der Waals surface area contributed by atoms with Crippen LogP contribution < -0.4 is 15.5 Å². The second-order valence-electron chi connectivity index (χ2n) is 6.42. The van der Waals surface area contributed by atoms with E-state index in [0.717, 1.165) is 17.0 Å². The van der Waals surface area contributed by atoms with Gasteiger partial charge in [-0.15, -0.1) is 0 Å². The number of imide groups is 1. The Kier molecular flexibility index (Phi) is 5.07. The average Bonchev–Trinajstić information content (AvgIpc) is 3.00. The van der Waals surface area contributed by atoms with Crippen LogP contribution in [-0.4, -0.2) is 22.8 Å². The molecule has 0 spiro atoms. The Bertz CT molecular complexity index is 1180. The molecule has 4 rings (SSSR count). The van der Waals surface area contributed by atoms with Gasteiger partial charge in [0.1, 0.15) is 5.82 Å². The lowest BCUT2D eigenvalue weighted by atomic mass is 10.1. The molecule has 1 heterocycles. The topological polar surface area (TPSA) is 78.5 Å². The molecular formula is C22H14FN3O3S. The maximum absolute atomic E-state index is 13.0. The van der Waals surface area contributed by atoms with E-state index >= 15 is 0 Å². The first-order valence-corrected chi connectivity index (χ1v) is 9.31. The summed E-state index contributed by atoms with van der Waals surface area (Å²) in [6.45, 7) is 0. The Morgan fingerprint density at radius 1 is 0.867 bits per heavy atom. The van der Waals surface area contributed by atoms with Crippen molar-refractivity contribution in [1.29, 1.82) is 0 Å². The number of para-hydroxylation sites is 1. The van der Waals surface area contributed by atoms with E-state index in [9.17, 15) is 18.8 Å². The zero-order chi connectivity index (χ0) is 21.3. The number of halogens is 1. The van der Waals surface area contributed by atoms with E-state index in [1.165, 1.54) is 12.1 Å². The van der Waals surface area contributed by atoms with Crippen LogP contribution in [0.25, 0.3) is 0 Å². The molecule has 1 aliphatic heterocycles. The van der Waals surface area contributed by atoms with Crippen LogP contribution >= 0.6 is 12.2 Å². The average molecular weight is 419 g/mol. The van der Waals surface area contributed by atoms with Crippen molar-refractivity contribution in [2.75, 3.05) is 10.2 Å². The highest BCUT2D eigenvalue weighted by molar-refractivity contribution is 7.80. The first-order chi connectivity index (χ1) is 14.5. The molecule has 2 N–H and O–H groups in total. The molecule has 1 aliphatic rings. The van der Waals surface area contributed by atoms with Crippen molar-refractivity contribution >= 4 is 46.4 Å². The van der Waals surface area contributed by atoms with E-state index in [-0.39, 0.29) is 21.8 Å². The molecule has 0 saturated carbocycles. The highest BCUT2D eigenvalue weighted by Gasteiger charge is 2.38. The SMILES string of the molecule is O=C(NC(=S)Nc1cccc2c1C(=O)N(c1ccccc1)C2=O)c1ccc(F)cc1. The van der Waals surface area contributed by atoms with Crippen molar-refractivity contribution in [3.8, 4) is 0 Å². The van der Waals surface area contributed by atoms with Crippen LogP contribution in [0.15, 0.2) is 72.8 Å². The Hall–Kier alpha value is -3.91. The molecule has 6 nitrogen and oxygen atoms in total. The lowest BCUT2D eigenvalue weighted by molar-refractivity contribution is 0.0924. The minimum atomic E-state index is -0.534. The zero-order valence-corrected chi connectivity index (χ0v) is 16.2. The zero-order valence-electron chi connectivity index (χ0n) is 15.4. The molecule has 0 aliphatic carbocycles. The summed E-state index contributed by atoms with van der Waals surface area (Å²) in [7, 11) is 0. The molecule has 0 fully saturated rings. The summed E-state index contributed by atoms with van der Waals surface area (Å²) in [5.74, 6) is -1.92. The van der Waals surface area contributed by atoms with Crippen LogP contribution in [0.2, 0.25) is 0 Å². The monoisotopic (exact) mass is 419 g/mol. The van der Waals surface area contributed by atoms with Crippen molar-refractivity contribution < 1.29 is 18.8 Å². The van der Waals surface area contributed by atoms with Crippen LogP contribution in [-0.2, 0) is 0 Å². The van der Waals surface area contributed by atoms with E-state index in [0.29, 0.717) is 11.4 Å². The van der Waals surface area contributed by atoms with Gasteiger partial charge in [0, 0.05) is 5.56 Å². The number of rotatable bonds is 3. The normalized spacial score (nSPS) is 12.5. The van der Waals surface area contributed by atoms with E-state index in [4.69, 9.17) is 12.2 Å². The number of anilines is 2. The number of amides is 3. The third kappa shape index (κ3) is 3.56. The van der Waals surface area contributed by atoms with Crippen LogP contribution in [0.1, 0.15) is 31.1 Å². The smallest absolute Gasteiger partial charge is 0.268 e. The van der Waals surface area contributed by atoms with Gasteiger partial charge >= 0.3 is 0 Å². The highest BCUT2D eigenvalue weighted by atomic mass is 32.1. The minimum Gasteiger partial charge on any atom is -0.332 e. The van der Waals surface area contributed by atoms with Crippen molar-refractivity contribution in [2.45, 2.75) is 0 Å². The van der Waals surface area contributed by atoms with Crippen molar-refractivity contribution in [3.05, 3.63) is 95.3 Å². The third-order valence-electron chi connectivity index (χ3n) is 4.51. The maximum atomic E-state index is 13.0. The Morgan fingerprint density at radius 3 is 2.27 bits per heavy atom. The molecule has 3 amide bonds. The number of nitrogens with one attached hydrogen (secondary N) is 2. The number of benzene rings is 3. The van der Waals surface area contributed by atoms with Gasteiger partial charge < -0.3 is 5.32 Å². The van der Waals surface area contributed by atoms with Crippen molar-refractivity contribution in [1.82, 2.24) is 5.32 Å². The fraction of sp³-hybridized carbons (Fsp3) is 0. The first kappa shape index (κ1) is 19.4. The number of hydrogen-bond acceptors (Lipinski definition) is 4. The quantitative estimate of drug-likeness (QED) is 0.499.